The van der Waals surface area contributed by atoms with Gasteiger partial charge in [-0.05, 0) is 37.6 Å². The molecular weight excluding hydrogens is 242 g/mol. The molecule has 100 valence electrons. The minimum atomic E-state index is -3.13. The zero-order valence-corrected chi connectivity index (χ0v) is 10.4. The second kappa shape index (κ2) is 5.80. The van der Waals surface area contributed by atoms with Crippen LogP contribution in [0.2, 0.25) is 0 Å². The highest BCUT2D eigenvalue weighted by Crippen LogP contribution is 2.35. The average Bonchev–Trinajstić information content (AvgIpc) is 2.29. The number of carboxylic acids is 1. The van der Waals surface area contributed by atoms with Gasteiger partial charge in [-0.2, -0.15) is 0 Å². The van der Waals surface area contributed by atoms with Gasteiger partial charge in [0, 0.05) is 12.0 Å². The standard InChI is InChI=1S/C13H16F2O3/c1-3-18-11-5-4-10(8-9(11)2)13(14,15)7-6-12(16)17/h4-5,8H,3,6-7H2,1-2H3,(H,16,17). The lowest BCUT2D eigenvalue weighted by Gasteiger charge is -2.17. The molecule has 0 fully saturated rings. The second-order valence-electron chi connectivity index (χ2n) is 4.01. The van der Waals surface area contributed by atoms with E-state index < -0.39 is 24.7 Å². The summed E-state index contributed by atoms with van der Waals surface area (Å²) >= 11 is 0. The molecule has 0 saturated heterocycles. The van der Waals surface area contributed by atoms with Crippen LogP contribution < -0.4 is 4.74 Å². The second-order valence-corrected chi connectivity index (χ2v) is 4.01. The van der Waals surface area contributed by atoms with Crippen LogP contribution >= 0.6 is 0 Å². The molecule has 0 saturated carbocycles. The van der Waals surface area contributed by atoms with Gasteiger partial charge >= 0.3 is 5.97 Å². The highest BCUT2D eigenvalue weighted by Gasteiger charge is 2.32. The number of alkyl halides is 2. The van der Waals surface area contributed by atoms with E-state index >= 15 is 0 Å². The first kappa shape index (κ1) is 14.4. The lowest BCUT2D eigenvalue weighted by atomic mass is 10.0. The Hall–Kier alpha value is -1.65. The van der Waals surface area contributed by atoms with Crippen molar-refractivity contribution in [3.63, 3.8) is 0 Å². The van der Waals surface area contributed by atoms with Gasteiger partial charge in [0.05, 0.1) is 13.0 Å². The molecule has 0 aliphatic rings. The molecule has 3 nitrogen and oxygen atoms in total. The fourth-order valence-corrected chi connectivity index (χ4v) is 1.60. The predicted molar refractivity (Wildman–Crippen MR) is 63.1 cm³/mol. The number of hydrogen-bond donors (Lipinski definition) is 1. The van der Waals surface area contributed by atoms with Crippen LogP contribution in [0.5, 0.6) is 5.75 Å². The molecule has 0 heterocycles. The van der Waals surface area contributed by atoms with E-state index in [4.69, 9.17) is 9.84 Å². The van der Waals surface area contributed by atoms with Crippen molar-refractivity contribution in [1.29, 1.82) is 0 Å². The molecule has 0 radical (unpaired) electrons. The Kier molecular flexibility index (Phi) is 4.64. The summed E-state index contributed by atoms with van der Waals surface area (Å²) in [4.78, 5) is 10.3. The lowest BCUT2D eigenvalue weighted by Crippen LogP contribution is -2.15. The maximum atomic E-state index is 13.7. The summed E-state index contributed by atoms with van der Waals surface area (Å²) in [7, 11) is 0. The molecule has 1 aromatic carbocycles. The van der Waals surface area contributed by atoms with E-state index in [1.807, 2.05) is 6.92 Å². The number of aliphatic carboxylic acids is 1. The van der Waals surface area contributed by atoms with Crippen molar-refractivity contribution < 1.29 is 23.4 Å². The van der Waals surface area contributed by atoms with Gasteiger partial charge in [0.2, 0.25) is 0 Å². The SMILES string of the molecule is CCOc1ccc(C(F)(F)CCC(=O)O)cc1C. The Labute approximate surface area is 104 Å². The third kappa shape index (κ3) is 3.68. The van der Waals surface area contributed by atoms with E-state index in [0.717, 1.165) is 0 Å². The van der Waals surface area contributed by atoms with Crippen molar-refractivity contribution in [2.45, 2.75) is 32.6 Å². The summed E-state index contributed by atoms with van der Waals surface area (Å²) < 4.78 is 32.7. The van der Waals surface area contributed by atoms with E-state index in [0.29, 0.717) is 17.9 Å². The monoisotopic (exact) mass is 258 g/mol. The normalized spacial score (nSPS) is 11.3. The molecule has 18 heavy (non-hydrogen) atoms. The minimum Gasteiger partial charge on any atom is -0.494 e. The van der Waals surface area contributed by atoms with Gasteiger partial charge in [-0.1, -0.05) is 0 Å². The third-order valence-corrected chi connectivity index (χ3v) is 2.55. The van der Waals surface area contributed by atoms with Gasteiger partial charge in [-0.3, -0.25) is 4.79 Å². The smallest absolute Gasteiger partial charge is 0.303 e. The quantitative estimate of drug-likeness (QED) is 0.851. The Morgan fingerprint density at radius 3 is 2.61 bits per heavy atom. The van der Waals surface area contributed by atoms with Crippen LogP contribution in [0.1, 0.15) is 30.9 Å². The van der Waals surface area contributed by atoms with E-state index in [9.17, 15) is 13.6 Å². The molecule has 0 aromatic heterocycles. The molecule has 0 bridgehead atoms. The largest absolute Gasteiger partial charge is 0.494 e. The van der Waals surface area contributed by atoms with Crippen LogP contribution in [0.15, 0.2) is 18.2 Å². The lowest BCUT2D eigenvalue weighted by molar-refractivity contribution is -0.139. The zero-order valence-electron chi connectivity index (χ0n) is 10.4. The van der Waals surface area contributed by atoms with E-state index in [2.05, 4.69) is 0 Å². The summed E-state index contributed by atoms with van der Waals surface area (Å²) in [5.74, 6) is -3.79. The maximum Gasteiger partial charge on any atom is 0.303 e. The van der Waals surface area contributed by atoms with Crippen molar-refractivity contribution in [2.75, 3.05) is 6.61 Å². The zero-order chi connectivity index (χ0) is 13.8. The van der Waals surface area contributed by atoms with Gasteiger partial charge in [0.1, 0.15) is 5.75 Å². The average molecular weight is 258 g/mol. The fraction of sp³-hybridized carbons (Fsp3) is 0.462. The molecule has 0 aliphatic carbocycles. The van der Waals surface area contributed by atoms with Gasteiger partial charge in [-0.15, -0.1) is 0 Å². The summed E-state index contributed by atoms with van der Waals surface area (Å²) in [6.07, 6.45) is -1.25. The van der Waals surface area contributed by atoms with Crippen LogP contribution in [0.4, 0.5) is 8.78 Å². The van der Waals surface area contributed by atoms with Crippen molar-refractivity contribution in [2.24, 2.45) is 0 Å². The highest BCUT2D eigenvalue weighted by molar-refractivity contribution is 5.66. The summed E-state index contributed by atoms with van der Waals surface area (Å²) in [5.41, 5.74) is 0.439. The van der Waals surface area contributed by atoms with E-state index in [-0.39, 0.29) is 5.56 Å². The molecule has 1 rings (SSSR count). The maximum absolute atomic E-state index is 13.7. The fourth-order valence-electron chi connectivity index (χ4n) is 1.60. The summed E-state index contributed by atoms with van der Waals surface area (Å²) in [6, 6.07) is 4.11. The molecule has 0 unspecified atom stereocenters. The topological polar surface area (TPSA) is 46.5 Å². The van der Waals surface area contributed by atoms with Crippen LogP contribution in [-0.2, 0) is 10.7 Å². The Morgan fingerprint density at radius 1 is 1.44 bits per heavy atom. The molecular formula is C13H16F2O3. The van der Waals surface area contributed by atoms with Crippen LogP contribution in [0.3, 0.4) is 0 Å². The highest BCUT2D eigenvalue weighted by atomic mass is 19.3. The molecule has 0 spiro atoms. The number of halogens is 2. The number of hydrogen-bond acceptors (Lipinski definition) is 2. The number of ether oxygens (including phenoxy) is 1. The first-order valence-corrected chi connectivity index (χ1v) is 5.70. The first-order valence-electron chi connectivity index (χ1n) is 5.70. The molecule has 0 amide bonds. The van der Waals surface area contributed by atoms with Crippen LogP contribution in [-0.4, -0.2) is 17.7 Å². The Bertz CT molecular complexity index is 430. The molecule has 1 aromatic rings. The Morgan fingerprint density at radius 2 is 2.11 bits per heavy atom. The van der Waals surface area contributed by atoms with Crippen molar-refractivity contribution in [3.8, 4) is 5.75 Å². The molecule has 1 N–H and O–H groups in total. The molecule has 0 atom stereocenters. The number of benzene rings is 1. The van der Waals surface area contributed by atoms with Gasteiger partial charge < -0.3 is 9.84 Å². The molecule has 0 aliphatic heterocycles. The van der Waals surface area contributed by atoms with E-state index in [1.54, 1.807) is 6.92 Å². The third-order valence-electron chi connectivity index (χ3n) is 2.55. The predicted octanol–water partition coefficient (Wildman–Crippen LogP) is 3.35. The summed E-state index contributed by atoms with van der Waals surface area (Å²) in [5, 5.41) is 8.44. The number of carbonyl (C=O) groups is 1. The Balaban J connectivity index is 2.88. The minimum absolute atomic E-state index is 0.176. The first-order chi connectivity index (χ1) is 8.36. The van der Waals surface area contributed by atoms with Crippen molar-refractivity contribution >= 4 is 5.97 Å². The van der Waals surface area contributed by atoms with E-state index in [1.165, 1.54) is 18.2 Å². The number of carboxylic acid groups (broad SMARTS) is 1. The van der Waals surface area contributed by atoms with Gasteiger partial charge in [0.25, 0.3) is 5.92 Å². The van der Waals surface area contributed by atoms with Gasteiger partial charge in [0.15, 0.2) is 0 Å². The van der Waals surface area contributed by atoms with Gasteiger partial charge in [-0.25, -0.2) is 8.78 Å². The van der Waals surface area contributed by atoms with Crippen LogP contribution in [0.25, 0.3) is 0 Å². The van der Waals surface area contributed by atoms with Crippen molar-refractivity contribution in [1.82, 2.24) is 0 Å². The van der Waals surface area contributed by atoms with Crippen LogP contribution in [0, 0.1) is 6.92 Å². The molecule has 5 heteroatoms. The number of rotatable bonds is 6. The number of aryl methyl sites for hydroxylation is 1. The van der Waals surface area contributed by atoms with Crippen molar-refractivity contribution in [3.05, 3.63) is 29.3 Å². The summed E-state index contributed by atoms with van der Waals surface area (Å²) in [6.45, 7) is 3.96.